The van der Waals surface area contributed by atoms with Crippen molar-refractivity contribution in [2.75, 3.05) is 0 Å². The van der Waals surface area contributed by atoms with Crippen molar-refractivity contribution in [3.05, 3.63) is 0 Å². The summed E-state index contributed by atoms with van der Waals surface area (Å²) >= 11 is 0. The van der Waals surface area contributed by atoms with Gasteiger partial charge < -0.3 is 40.6 Å². The molecule has 0 saturated carbocycles. The first-order chi connectivity index (χ1) is 2.00. The molecule has 0 heterocycles. The largest absolute Gasteiger partial charge is 1.00 e. The van der Waals surface area contributed by atoms with Crippen molar-refractivity contribution in [1.82, 2.24) is 0 Å². The van der Waals surface area contributed by atoms with Crippen molar-refractivity contribution in [3.8, 4) is 0 Å². The van der Waals surface area contributed by atoms with E-state index in [0.717, 1.165) is 0 Å². The van der Waals surface area contributed by atoms with E-state index < -0.39 is 7.82 Å². The summed E-state index contributed by atoms with van der Waals surface area (Å²) in [7, 11) is -5.39. The molecule has 23 heavy (non-hydrogen) atoms. The quantitative estimate of drug-likeness (QED) is 0.190. The molecule has 0 aromatic heterocycles. The molecule has 0 aliphatic heterocycles. The Bertz CT molecular complexity index is 122. The molecule has 0 N–H and O–H groups in total. The summed E-state index contributed by atoms with van der Waals surface area (Å²) in [4.78, 5) is 25.6. The average molecular weight is 669 g/mol. The van der Waals surface area contributed by atoms with Gasteiger partial charge in [0.05, 0.1) is 0 Å². The Balaban J connectivity index is -0.000000000152. The molecule has 0 aliphatic carbocycles. The van der Waals surface area contributed by atoms with Crippen LogP contribution in [0.4, 0.5) is 0 Å². The van der Waals surface area contributed by atoms with E-state index in [0.29, 0.717) is 0 Å². The van der Waals surface area contributed by atoms with Crippen LogP contribution in [-0.4, -0.2) is 0 Å². The van der Waals surface area contributed by atoms with Crippen LogP contribution < -0.4 is 743 Å². The normalized spacial score (nSPS) is 2.57. The first-order valence-corrected chi connectivity index (χ1v) is 2.19. The van der Waals surface area contributed by atoms with Crippen LogP contribution >= 0.6 is 7.82 Å². The molecule has 0 aliphatic rings. The van der Waals surface area contributed by atoms with Gasteiger partial charge in [0.25, 0.3) is 0 Å². The van der Waals surface area contributed by atoms with Gasteiger partial charge >= 0.3 is 728 Å². The van der Waals surface area contributed by atoms with Crippen molar-refractivity contribution in [3.63, 3.8) is 0 Å². The van der Waals surface area contributed by atoms with Gasteiger partial charge in [-0.15, -0.1) is 0 Å². The monoisotopic (exact) mass is 668 g/mol. The van der Waals surface area contributed by atoms with Gasteiger partial charge in [-0.05, 0) is 0 Å². The zero-order chi connectivity index (χ0) is 4.50. The van der Waals surface area contributed by atoms with E-state index in [2.05, 4.69) is 0 Å². The van der Waals surface area contributed by atoms with Gasteiger partial charge in [0.1, 0.15) is 0 Å². The summed E-state index contributed by atoms with van der Waals surface area (Å²) in [5, 5.41) is 0. The smallest absolute Gasteiger partial charge is 1.00 e. The Morgan fingerprint density at radius 2 is 0.391 bits per heavy atom. The second-order valence-electron chi connectivity index (χ2n) is 0.447. The Morgan fingerprint density at radius 3 is 0.391 bits per heavy atom. The van der Waals surface area contributed by atoms with Gasteiger partial charge in [-0.3, -0.25) is 0 Å². The first-order valence-electron chi connectivity index (χ1n) is 0.730. The molecule has 0 aromatic carbocycles. The van der Waals surface area contributed by atoms with Gasteiger partial charge in [-0.1, -0.05) is 0 Å². The van der Waals surface area contributed by atoms with Crippen molar-refractivity contribution >= 4 is 7.82 Å². The van der Waals surface area contributed by atoms with Crippen molar-refractivity contribution in [2.24, 2.45) is 0 Å². The second-order valence-corrected chi connectivity index (χ2v) is 1.34. The molecular formula is H15K9Na9O4P. The minimum Gasteiger partial charge on any atom is -1.00 e. The number of rotatable bonds is 0. The third-order valence-electron chi connectivity index (χ3n) is 0. The van der Waals surface area contributed by atoms with Crippen molar-refractivity contribution in [1.29, 1.82) is 0 Å². The van der Waals surface area contributed by atoms with Crippen LogP contribution in [0.25, 0.3) is 0 Å². The molecule has 0 spiro atoms. The van der Waals surface area contributed by atoms with E-state index in [4.69, 9.17) is 19.2 Å². The fraction of sp³-hybridized carbons (Fsp3) is 0. The molecule has 0 aromatic rings. The number of hydrogen-bond donors (Lipinski definition) is 0. The van der Waals surface area contributed by atoms with E-state index in [1.54, 1.807) is 0 Å². The van der Waals surface area contributed by atoms with Crippen LogP contribution in [0.5, 0.6) is 0 Å². The molecule has 4 nitrogen and oxygen atoms in total. The van der Waals surface area contributed by atoms with Crippen LogP contribution in [0.3, 0.4) is 0 Å². The van der Waals surface area contributed by atoms with E-state index in [-0.39, 0.29) is 750 Å². The summed E-state index contributed by atoms with van der Waals surface area (Å²) in [6.45, 7) is 0. The second kappa shape index (κ2) is 104. The van der Waals surface area contributed by atoms with Crippen LogP contribution in [0.1, 0.15) is 21.4 Å². The van der Waals surface area contributed by atoms with E-state index in [1.165, 1.54) is 0 Å². The van der Waals surface area contributed by atoms with E-state index in [9.17, 15) is 0 Å². The van der Waals surface area contributed by atoms with E-state index >= 15 is 0 Å². The van der Waals surface area contributed by atoms with Gasteiger partial charge in [0.2, 0.25) is 0 Å². The van der Waals surface area contributed by atoms with E-state index in [1.807, 2.05) is 0 Å². The van der Waals surface area contributed by atoms with Crippen molar-refractivity contribution < 1.29 is 769 Å². The predicted molar refractivity (Wildman–Crippen MR) is 24.3 cm³/mol. The number of phosphoric acid groups is 1. The maximum Gasteiger partial charge on any atom is 1.00 e. The fourth-order valence-electron chi connectivity index (χ4n) is 0. The third-order valence-corrected chi connectivity index (χ3v) is 0. The molecule has 0 radical (unpaired) electrons. The SMILES string of the molecule is O=P([O-])([O-])[O-].[H-].[H-].[H-].[H-].[H-].[H-].[H-].[H-].[H-].[H-].[H-].[H-].[H-].[H-].[H-].[K+].[K+].[K+].[K+].[K+].[K+].[K+].[K+].[K+].[Na+].[Na+].[Na+].[Na+].[Na+].[Na+].[Na+].[Na+].[Na+]. The Hall–Kier alpha value is 23.8. The minimum atomic E-state index is -5.39. The predicted octanol–water partition coefficient (Wildman–Crippen LogP) is -55.1. The van der Waals surface area contributed by atoms with Gasteiger partial charge in [-0.25, -0.2) is 0 Å². The molecule has 0 atom stereocenters. The summed E-state index contributed by atoms with van der Waals surface area (Å²) < 4.78 is 8.55. The van der Waals surface area contributed by atoms with Gasteiger partial charge in [0, 0.05) is 0 Å². The zero-order valence-electron chi connectivity index (χ0n) is 35.1. The van der Waals surface area contributed by atoms with Crippen LogP contribution in [0, 0.1) is 0 Å². The maximum absolute atomic E-state index is 8.55. The summed E-state index contributed by atoms with van der Waals surface area (Å²) in [5.41, 5.74) is 0. The molecule has 0 saturated heterocycles. The summed E-state index contributed by atoms with van der Waals surface area (Å²) in [6, 6.07) is 0. The van der Waals surface area contributed by atoms with Crippen LogP contribution in [0.15, 0.2) is 0 Å². The van der Waals surface area contributed by atoms with Gasteiger partial charge in [-0.2, -0.15) is 7.82 Å². The Kier molecular flexibility index (Phi) is 572. The molecular weight excluding hydrogens is 654 g/mol. The molecule has 62 valence electrons. The Morgan fingerprint density at radius 1 is 0.391 bits per heavy atom. The maximum atomic E-state index is 8.55. The molecule has 0 bridgehead atoms. The standard InChI is InChI=1S/9K.9Na.H3O4P.15H/c;;;;;;;;;;;;;;;;;;1-5(2,3)4;;;;;;;;;;;;;;;/h;;;;;;;;;;;;;;;;;;(H3,1,2,3,4);;;;;;;;;;;;;;;/q18*+1;;15*-1/p-3. The molecule has 0 amide bonds. The molecule has 0 fully saturated rings. The Labute approximate surface area is 747 Å². The van der Waals surface area contributed by atoms with Crippen molar-refractivity contribution in [2.45, 2.75) is 0 Å². The summed E-state index contributed by atoms with van der Waals surface area (Å²) in [5.74, 6) is 0. The van der Waals surface area contributed by atoms with Crippen LogP contribution in [-0.2, 0) is 4.57 Å². The van der Waals surface area contributed by atoms with Gasteiger partial charge in [0.15, 0.2) is 0 Å². The molecule has 0 unspecified atom stereocenters. The number of hydrogen-bond acceptors (Lipinski definition) is 4. The van der Waals surface area contributed by atoms with Crippen LogP contribution in [0.2, 0.25) is 0 Å². The topological polar surface area (TPSA) is 86.2 Å². The molecule has 0 rings (SSSR count). The first kappa shape index (κ1) is 127. The molecule has 23 heteroatoms. The third kappa shape index (κ3) is 155. The average Bonchev–Trinajstić information content (AvgIpc) is 0.722. The summed E-state index contributed by atoms with van der Waals surface area (Å²) in [6.07, 6.45) is 0. The zero-order valence-corrected chi connectivity index (χ0v) is 67.1. The fourth-order valence-corrected chi connectivity index (χ4v) is 0. The minimum absolute atomic E-state index is 0.